The molecule has 29 heavy (non-hydrogen) atoms. The minimum atomic E-state index is 0.0165. The fraction of sp³-hybridized carbons (Fsp3) is 0.591. The molecule has 1 N–H and O–H groups in total. The highest BCUT2D eigenvalue weighted by molar-refractivity contribution is 5.91. The lowest BCUT2D eigenvalue weighted by atomic mass is 9.86. The monoisotopic (exact) mass is 394 g/mol. The van der Waals surface area contributed by atoms with Gasteiger partial charge in [-0.2, -0.15) is 10.2 Å². The fourth-order valence-corrected chi connectivity index (χ4v) is 5.48. The molecule has 2 fully saturated rings. The second-order valence-electron chi connectivity index (χ2n) is 8.81. The van der Waals surface area contributed by atoms with E-state index < -0.39 is 0 Å². The summed E-state index contributed by atoms with van der Waals surface area (Å²) < 4.78 is 3.76. The van der Waals surface area contributed by atoms with Crippen LogP contribution in [0.2, 0.25) is 0 Å². The van der Waals surface area contributed by atoms with E-state index in [4.69, 9.17) is 5.10 Å². The van der Waals surface area contributed by atoms with Crippen molar-refractivity contribution in [2.24, 2.45) is 14.1 Å². The molecule has 1 saturated heterocycles. The van der Waals surface area contributed by atoms with Crippen molar-refractivity contribution in [2.75, 3.05) is 5.32 Å². The standard InChI is InChI=1S/C22H30N6O/c1-26-14-19(21(25-26)15-6-4-3-5-7-15)24-22(29)28-17-8-9-18(28)13-16(12-17)20-10-11-23-27(20)2/h10-12,14-15,17-18H,3-9,13H2,1-2H3,(H,24,29). The van der Waals surface area contributed by atoms with Gasteiger partial charge in [-0.1, -0.05) is 25.3 Å². The van der Waals surface area contributed by atoms with Crippen LogP contribution in [0.5, 0.6) is 0 Å². The number of aromatic nitrogens is 4. The predicted molar refractivity (Wildman–Crippen MR) is 113 cm³/mol. The lowest BCUT2D eigenvalue weighted by Gasteiger charge is -2.34. The van der Waals surface area contributed by atoms with Crippen molar-refractivity contribution < 1.29 is 4.79 Å². The topological polar surface area (TPSA) is 68.0 Å². The maximum atomic E-state index is 13.3. The molecule has 1 aliphatic carbocycles. The van der Waals surface area contributed by atoms with E-state index in [9.17, 15) is 4.79 Å². The average molecular weight is 395 g/mol. The molecule has 0 aromatic carbocycles. The maximum Gasteiger partial charge on any atom is 0.322 e. The second kappa shape index (κ2) is 7.35. The Bertz CT molecular complexity index is 935. The van der Waals surface area contributed by atoms with Gasteiger partial charge >= 0.3 is 6.03 Å². The lowest BCUT2D eigenvalue weighted by molar-refractivity contribution is 0.193. The largest absolute Gasteiger partial charge is 0.322 e. The molecule has 2 bridgehead atoms. The number of hydrogen-bond acceptors (Lipinski definition) is 3. The first-order valence-electron chi connectivity index (χ1n) is 10.9. The molecule has 7 heteroatoms. The third kappa shape index (κ3) is 3.36. The molecule has 5 rings (SSSR count). The summed E-state index contributed by atoms with van der Waals surface area (Å²) in [5.41, 5.74) is 4.43. The number of rotatable bonds is 3. The molecule has 2 aromatic rings. The van der Waals surface area contributed by atoms with E-state index in [1.807, 2.05) is 35.9 Å². The summed E-state index contributed by atoms with van der Waals surface area (Å²) in [7, 11) is 3.92. The smallest absolute Gasteiger partial charge is 0.315 e. The zero-order chi connectivity index (χ0) is 20.0. The number of carbonyl (C=O) groups excluding carboxylic acids is 1. The average Bonchev–Trinajstić information content (AvgIpc) is 3.38. The van der Waals surface area contributed by atoms with Crippen molar-refractivity contribution >= 4 is 17.3 Å². The van der Waals surface area contributed by atoms with E-state index in [2.05, 4.69) is 27.5 Å². The van der Waals surface area contributed by atoms with Gasteiger partial charge in [0.05, 0.1) is 23.1 Å². The molecule has 2 aliphatic heterocycles. The van der Waals surface area contributed by atoms with E-state index in [1.54, 1.807) is 0 Å². The number of anilines is 1. The van der Waals surface area contributed by atoms with Gasteiger partial charge in [-0.25, -0.2) is 4.79 Å². The highest BCUT2D eigenvalue weighted by atomic mass is 16.2. The van der Waals surface area contributed by atoms with Gasteiger partial charge in [-0.3, -0.25) is 9.36 Å². The predicted octanol–water partition coefficient (Wildman–Crippen LogP) is 4.05. The SMILES string of the molecule is Cn1cc(NC(=O)N2C3C=C(c4ccnn4C)CC2CC3)c(C2CCCCC2)n1. The zero-order valence-corrected chi connectivity index (χ0v) is 17.3. The minimum absolute atomic E-state index is 0.0165. The van der Waals surface area contributed by atoms with Crippen molar-refractivity contribution in [1.82, 2.24) is 24.5 Å². The van der Waals surface area contributed by atoms with Crippen LogP contribution in [0.4, 0.5) is 10.5 Å². The van der Waals surface area contributed by atoms with Gasteiger partial charge in [0, 0.05) is 38.4 Å². The summed E-state index contributed by atoms with van der Waals surface area (Å²) in [4.78, 5) is 15.3. The number of fused-ring (bicyclic) bond motifs is 2. The maximum absolute atomic E-state index is 13.3. The Morgan fingerprint density at radius 3 is 2.69 bits per heavy atom. The van der Waals surface area contributed by atoms with Gasteiger partial charge in [0.15, 0.2) is 0 Å². The molecule has 1 saturated carbocycles. The van der Waals surface area contributed by atoms with Crippen molar-refractivity contribution in [1.29, 1.82) is 0 Å². The Kier molecular flexibility index (Phi) is 4.68. The summed E-state index contributed by atoms with van der Waals surface area (Å²) in [5.74, 6) is 0.467. The van der Waals surface area contributed by atoms with Crippen molar-refractivity contribution in [2.45, 2.75) is 69.4 Å². The molecule has 2 atom stereocenters. The van der Waals surface area contributed by atoms with Gasteiger partial charge in [-0.15, -0.1) is 0 Å². The number of nitrogens with one attached hydrogen (secondary N) is 1. The van der Waals surface area contributed by atoms with Crippen LogP contribution in [-0.2, 0) is 14.1 Å². The Balaban J connectivity index is 1.35. The van der Waals surface area contributed by atoms with E-state index in [0.29, 0.717) is 5.92 Å². The summed E-state index contributed by atoms with van der Waals surface area (Å²) in [5, 5.41) is 12.2. The van der Waals surface area contributed by atoms with E-state index >= 15 is 0 Å². The summed E-state index contributed by atoms with van der Waals surface area (Å²) in [6, 6.07) is 2.49. The zero-order valence-electron chi connectivity index (χ0n) is 17.3. The molecule has 3 aliphatic rings. The van der Waals surface area contributed by atoms with Crippen molar-refractivity contribution in [3.05, 3.63) is 35.9 Å². The fourth-order valence-electron chi connectivity index (χ4n) is 5.48. The van der Waals surface area contributed by atoms with Gasteiger partial charge < -0.3 is 10.2 Å². The Morgan fingerprint density at radius 1 is 1.14 bits per heavy atom. The number of amides is 2. The molecule has 0 radical (unpaired) electrons. The number of urea groups is 1. The molecule has 4 heterocycles. The Hall–Kier alpha value is -2.57. The van der Waals surface area contributed by atoms with E-state index in [-0.39, 0.29) is 18.1 Å². The Labute approximate surface area is 171 Å². The van der Waals surface area contributed by atoms with Crippen LogP contribution in [0.1, 0.15) is 68.7 Å². The molecule has 2 aromatic heterocycles. The highest BCUT2D eigenvalue weighted by Gasteiger charge is 2.40. The van der Waals surface area contributed by atoms with Crippen LogP contribution in [0, 0.1) is 0 Å². The summed E-state index contributed by atoms with van der Waals surface area (Å²) in [6.45, 7) is 0. The summed E-state index contributed by atoms with van der Waals surface area (Å²) in [6.07, 6.45) is 15.2. The molecular formula is C22H30N6O. The van der Waals surface area contributed by atoms with Crippen LogP contribution in [0.15, 0.2) is 24.5 Å². The highest BCUT2D eigenvalue weighted by Crippen LogP contribution is 2.40. The first kappa shape index (κ1) is 18.5. The summed E-state index contributed by atoms with van der Waals surface area (Å²) >= 11 is 0. The van der Waals surface area contributed by atoms with Crippen molar-refractivity contribution in [3.8, 4) is 0 Å². The first-order valence-corrected chi connectivity index (χ1v) is 10.9. The van der Waals surface area contributed by atoms with Crippen LogP contribution in [-0.4, -0.2) is 42.6 Å². The Morgan fingerprint density at radius 2 is 1.97 bits per heavy atom. The lowest BCUT2D eigenvalue weighted by Crippen LogP contribution is -2.45. The minimum Gasteiger partial charge on any atom is -0.315 e. The van der Waals surface area contributed by atoms with Gasteiger partial charge in [0.25, 0.3) is 0 Å². The number of aryl methyl sites for hydroxylation is 2. The van der Waals surface area contributed by atoms with Gasteiger partial charge in [0.1, 0.15) is 0 Å². The number of hydrogen-bond donors (Lipinski definition) is 1. The van der Waals surface area contributed by atoms with E-state index in [0.717, 1.165) is 36.3 Å². The van der Waals surface area contributed by atoms with Crippen LogP contribution >= 0.6 is 0 Å². The molecular weight excluding hydrogens is 364 g/mol. The van der Waals surface area contributed by atoms with Crippen LogP contribution in [0.3, 0.4) is 0 Å². The third-order valence-electron chi connectivity index (χ3n) is 6.87. The molecule has 0 spiro atoms. The van der Waals surface area contributed by atoms with E-state index in [1.165, 1.54) is 37.7 Å². The molecule has 154 valence electrons. The van der Waals surface area contributed by atoms with Gasteiger partial charge in [0.2, 0.25) is 0 Å². The molecule has 2 unspecified atom stereocenters. The molecule has 2 amide bonds. The third-order valence-corrected chi connectivity index (χ3v) is 6.87. The quantitative estimate of drug-likeness (QED) is 0.854. The van der Waals surface area contributed by atoms with Crippen LogP contribution in [0.25, 0.3) is 5.57 Å². The molecule has 7 nitrogen and oxygen atoms in total. The van der Waals surface area contributed by atoms with Crippen molar-refractivity contribution in [3.63, 3.8) is 0 Å². The first-order chi connectivity index (χ1) is 14.1. The number of carbonyl (C=O) groups is 1. The van der Waals surface area contributed by atoms with Crippen LogP contribution < -0.4 is 5.32 Å². The second-order valence-corrected chi connectivity index (χ2v) is 8.81. The van der Waals surface area contributed by atoms with Gasteiger partial charge in [-0.05, 0) is 43.7 Å². The number of nitrogens with zero attached hydrogens (tertiary/aromatic N) is 5. The normalized spacial score (nSPS) is 24.6.